The van der Waals surface area contributed by atoms with Crippen LogP contribution in [0, 0.1) is 13.8 Å². The predicted octanol–water partition coefficient (Wildman–Crippen LogP) is 4.44. The summed E-state index contributed by atoms with van der Waals surface area (Å²) >= 11 is 4.50. The van der Waals surface area contributed by atoms with Gasteiger partial charge in [-0.1, -0.05) is 48.0 Å². The maximum atomic E-state index is 4.56. The van der Waals surface area contributed by atoms with Gasteiger partial charge in [0.25, 0.3) is 0 Å². The highest BCUT2D eigenvalue weighted by atomic mass is 32.1. The third kappa shape index (κ3) is 2.37. The Balaban J connectivity index is 2.08. The second kappa shape index (κ2) is 5.17. The van der Waals surface area contributed by atoms with Gasteiger partial charge < -0.3 is 0 Å². The van der Waals surface area contributed by atoms with E-state index in [1.165, 1.54) is 11.1 Å². The summed E-state index contributed by atoms with van der Waals surface area (Å²) in [4.78, 5) is 4.56. The van der Waals surface area contributed by atoms with Crippen molar-refractivity contribution < 1.29 is 0 Å². The summed E-state index contributed by atoms with van der Waals surface area (Å²) in [5, 5.41) is 0.704. The number of imidazole rings is 1. The first-order chi connectivity index (χ1) is 9.65. The topological polar surface area (TPSA) is 17.8 Å². The van der Waals surface area contributed by atoms with Gasteiger partial charge in [-0.3, -0.25) is 4.57 Å². The number of rotatable bonds is 2. The van der Waals surface area contributed by atoms with Gasteiger partial charge in [-0.2, -0.15) is 0 Å². The van der Waals surface area contributed by atoms with Gasteiger partial charge in [-0.15, -0.1) is 12.6 Å². The second-order valence-electron chi connectivity index (χ2n) is 4.95. The molecule has 0 aliphatic carbocycles. The Morgan fingerprint density at radius 2 is 1.65 bits per heavy atom. The van der Waals surface area contributed by atoms with E-state index < -0.39 is 0 Å². The average molecular weight is 280 g/mol. The molecule has 1 aromatic heterocycles. The summed E-state index contributed by atoms with van der Waals surface area (Å²) in [6.07, 6.45) is 2.04. The van der Waals surface area contributed by atoms with Gasteiger partial charge in [0, 0.05) is 11.8 Å². The van der Waals surface area contributed by atoms with Crippen LogP contribution in [0.2, 0.25) is 0 Å². The van der Waals surface area contributed by atoms with E-state index in [4.69, 9.17) is 0 Å². The zero-order valence-corrected chi connectivity index (χ0v) is 12.4. The molecular formula is C17H16N2S. The molecule has 0 saturated carbocycles. The van der Waals surface area contributed by atoms with Crippen molar-refractivity contribution in [1.82, 2.24) is 9.55 Å². The van der Waals surface area contributed by atoms with E-state index in [1.54, 1.807) is 0 Å². The van der Waals surface area contributed by atoms with Gasteiger partial charge in [-0.25, -0.2) is 4.98 Å². The maximum absolute atomic E-state index is 4.56. The summed E-state index contributed by atoms with van der Waals surface area (Å²) in [5.41, 5.74) is 5.62. The minimum Gasteiger partial charge on any atom is -0.294 e. The quantitative estimate of drug-likeness (QED) is 0.687. The average Bonchev–Trinajstić information content (AvgIpc) is 2.82. The zero-order valence-electron chi connectivity index (χ0n) is 11.5. The number of benzene rings is 2. The molecule has 0 aliphatic heterocycles. The van der Waals surface area contributed by atoms with Crippen molar-refractivity contribution >= 4 is 12.6 Å². The number of nitrogens with zero attached hydrogens (tertiary/aromatic N) is 2. The van der Waals surface area contributed by atoms with Crippen molar-refractivity contribution in [2.24, 2.45) is 0 Å². The Morgan fingerprint density at radius 3 is 2.35 bits per heavy atom. The fraction of sp³-hybridized carbons (Fsp3) is 0.118. The fourth-order valence-corrected chi connectivity index (χ4v) is 2.52. The molecule has 20 heavy (non-hydrogen) atoms. The minimum absolute atomic E-state index is 0.704. The summed E-state index contributed by atoms with van der Waals surface area (Å²) in [6, 6.07) is 16.6. The van der Waals surface area contributed by atoms with Gasteiger partial charge in [0.1, 0.15) is 0 Å². The summed E-state index contributed by atoms with van der Waals surface area (Å²) in [6.45, 7) is 4.17. The lowest BCUT2D eigenvalue weighted by Crippen LogP contribution is -1.95. The largest absolute Gasteiger partial charge is 0.294 e. The van der Waals surface area contributed by atoms with Crippen LogP contribution < -0.4 is 0 Å². The van der Waals surface area contributed by atoms with Crippen molar-refractivity contribution in [3.05, 3.63) is 65.9 Å². The van der Waals surface area contributed by atoms with Crippen LogP contribution in [0.3, 0.4) is 0 Å². The Kier molecular flexibility index (Phi) is 3.36. The van der Waals surface area contributed by atoms with Crippen LogP contribution >= 0.6 is 12.6 Å². The van der Waals surface area contributed by atoms with Crippen LogP contribution in [0.25, 0.3) is 16.9 Å². The van der Waals surface area contributed by atoms with Crippen molar-refractivity contribution in [3.63, 3.8) is 0 Å². The molecule has 0 bridgehead atoms. The third-order valence-corrected chi connectivity index (χ3v) is 3.73. The molecule has 0 atom stereocenters. The van der Waals surface area contributed by atoms with E-state index in [1.807, 2.05) is 22.9 Å². The lowest BCUT2D eigenvalue weighted by atomic mass is 10.1. The number of thiol groups is 1. The maximum Gasteiger partial charge on any atom is 0.170 e. The predicted molar refractivity (Wildman–Crippen MR) is 85.7 cm³/mol. The number of aryl methyl sites for hydroxylation is 2. The monoisotopic (exact) mass is 280 g/mol. The lowest BCUT2D eigenvalue weighted by Gasteiger charge is -2.07. The highest BCUT2D eigenvalue weighted by molar-refractivity contribution is 7.80. The van der Waals surface area contributed by atoms with E-state index in [2.05, 4.69) is 67.9 Å². The first-order valence-electron chi connectivity index (χ1n) is 6.56. The van der Waals surface area contributed by atoms with Gasteiger partial charge in [0.15, 0.2) is 5.16 Å². The van der Waals surface area contributed by atoms with E-state index >= 15 is 0 Å². The SMILES string of the molecule is Cc1ccc(-c2cn(-c3ccccc3C)c(S)n2)cc1. The van der Waals surface area contributed by atoms with Gasteiger partial charge >= 0.3 is 0 Å². The molecule has 0 radical (unpaired) electrons. The number of para-hydroxylation sites is 1. The molecule has 3 heteroatoms. The molecule has 2 nitrogen and oxygen atoms in total. The smallest absolute Gasteiger partial charge is 0.170 e. The first kappa shape index (κ1) is 13.0. The molecule has 3 rings (SSSR count). The van der Waals surface area contributed by atoms with Crippen LogP contribution in [0.4, 0.5) is 0 Å². The molecule has 0 fully saturated rings. The molecular weight excluding hydrogens is 264 g/mol. The summed E-state index contributed by atoms with van der Waals surface area (Å²) in [5.74, 6) is 0. The standard InChI is InChI=1S/C17H16N2S/c1-12-7-9-14(10-8-12)15-11-19(17(20)18-15)16-6-4-3-5-13(16)2/h3-11H,1-2H3,(H,18,20). The number of aromatic nitrogens is 2. The summed E-state index contributed by atoms with van der Waals surface area (Å²) in [7, 11) is 0. The Hall–Kier alpha value is -2.00. The molecule has 0 amide bonds. The molecule has 2 aromatic carbocycles. The lowest BCUT2D eigenvalue weighted by molar-refractivity contribution is 0.894. The molecule has 0 unspecified atom stereocenters. The van der Waals surface area contributed by atoms with E-state index in [0.29, 0.717) is 5.16 Å². The van der Waals surface area contributed by atoms with Crippen molar-refractivity contribution in [2.45, 2.75) is 19.0 Å². The van der Waals surface area contributed by atoms with Crippen LogP contribution in [-0.4, -0.2) is 9.55 Å². The molecule has 0 aliphatic rings. The Morgan fingerprint density at radius 1 is 0.950 bits per heavy atom. The van der Waals surface area contributed by atoms with Gasteiger partial charge in [0.05, 0.1) is 11.4 Å². The van der Waals surface area contributed by atoms with Crippen LogP contribution in [0.15, 0.2) is 59.9 Å². The van der Waals surface area contributed by atoms with Crippen molar-refractivity contribution in [3.8, 4) is 16.9 Å². The fourth-order valence-electron chi connectivity index (χ4n) is 2.24. The molecule has 3 aromatic rings. The van der Waals surface area contributed by atoms with Crippen LogP contribution in [-0.2, 0) is 0 Å². The Bertz CT molecular complexity index is 742. The van der Waals surface area contributed by atoms with Crippen LogP contribution in [0.1, 0.15) is 11.1 Å². The zero-order chi connectivity index (χ0) is 14.1. The van der Waals surface area contributed by atoms with E-state index in [0.717, 1.165) is 16.9 Å². The van der Waals surface area contributed by atoms with Gasteiger partial charge in [-0.05, 0) is 25.5 Å². The van der Waals surface area contributed by atoms with E-state index in [-0.39, 0.29) is 0 Å². The summed E-state index contributed by atoms with van der Waals surface area (Å²) < 4.78 is 2.02. The molecule has 1 heterocycles. The highest BCUT2D eigenvalue weighted by Crippen LogP contribution is 2.24. The minimum atomic E-state index is 0.704. The molecule has 0 N–H and O–H groups in total. The molecule has 100 valence electrons. The molecule has 0 spiro atoms. The number of hydrogen-bond donors (Lipinski definition) is 1. The molecule has 0 saturated heterocycles. The second-order valence-corrected chi connectivity index (χ2v) is 5.35. The van der Waals surface area contributed by atoms with Crippen molar-refractivity contribution in [2.75, 3.05) is 0 Å². The third-order valence-electron chi connectivity index (χ3n) is 3.41. The van der Waals surface area contributed by atoms with E-state index in [9.17, 15) is 0 Å². The van der Waals surface area contributed by atoms with Crippen LogP contribution in [0.5, 0.6) is 0 Å². The van der Waals surface area contributed by atoms with Gasteiger partial charge in [0.2, 0.25) is 0 Å². The Labute approximate surface area is 124 Å². The number of hydrogen-bond acceptors (Lipinski definition) is 2. The highest BCUT2D eigenvalue weighted by Gasteiger charge is 2.09. The van der Waals surface area contributed by atoms with Crippen molar-refractivity contribution in [1.29, 1.82) is 0 Å². The first-order valence-corrected chi connectivity index (χ1v) is 7.01. The normalized spacial score (nSPS) is 10.8.